The van der Waals surface area contributed by atoms with Gasteiger partial charge >= 0.3 is 0 Å². The van der Waals surface area contributed by atoms with Gasteiger partial charge in [0.2, 0.25) is 0 Å². The van der Waals surface area contributed by atoms with Gasteiger partial charge in [0.15, 0.2) is 5.84 Å². The van der Waals surface area contributed by atoms with Gasteiger partial charge in [-0.25, -0.2) is 0 Å². The highest BCUT2D eigenvalue weighted by atomic mass is 32.2. The number of nitrogens with zero attached hydrogens (tertiary/aromatic N) is 3. The third-order valence-electron chi connectivity index (χ3n) is 3.02. The maximum absolute atomic E-state index is 11.2. The van der Waals surface area contributed by atoms with Crippen LogP contribution >= 0.6 is 11.8 Å². The Morgan fingerprint density at radius 2 is 2.30 bits per heavy atom. The van der Waals surface area contributed by atoms with Crippen LogP contribution in [0.1, 0.15) is 12.5 Å². The van der Waals surface area contributed by atoms with Crippen LogP contribution in [0.15, 0.2) is 23.4 Å². The first-order chi connectivity index (χ1) is 9.42. The number of anilines is 1. The van der Waals surface area contributed by atoms with Crippen LogP contribution in [0.4, 0.5) is 11.4 Å². The molecule has 110 valence electrons. The molecule has 0 saturated carbocycles. The van der Waals surface area contributed by atoms with Gasteiger partial charge in [-0.15, -0.1) is 0 Å². The number of thioether (sulfide) groups is 1. The van der Waals surface area contributed by atoms with Gasteiger partial charge in [-0.2, -0.15) is 11.8 Å². The van der Waals surface area contributed by atoms with Crippen LogP contribution in [0, 0.1) is 10.1 Å². The second-order valence-electron chi connectivity index (χ2n) is 4.36. The number of hydrogen-bond donors (Lipinski definition) is 2. The highest BCUT2D eigenvalue weighted by Gasteiger charge is 2.21. The first kappa shape index (κ1) is 16.1. The summed E-state index contributed by atoms with van der Waals surface area (Å²) < 4.78 is 0. The van der Waals surface area contributed by atoms with Crippen LogP contribution < -0.4 is 10.6 Å². The smallest absolute Gasteiger partial charge is 0.293 e. The Kier molecular flexibility index (Phi) is 5.63. The van der Waals surface area contributed by atoms with Crippen molar-refractivity contribution >= 4 is 29.0 Å². The molecule has 1 rings (SSSR count). The van der Waals surface area contributed by atoms with Crippen LogP contribution in [-0.4, -0.2) is 41.1 Å². The van der Waals surface area contributed by atoms with Crippen molar-refractivity contribution in [1.29, 1.82) is 0 Å². The van der Waals surface area contributed by atoms with Crippen LogP contribution in [0.5, 0.6) is 0 Å². The molecular formula is C12H18N4O3S. The molecule has 1 aromatic rings. The molecular weight excluding hydrogens is 280 g/mol. The van der Waals surface area contributed by atoms with E-state index in [1.165, 1.54) is 6.07 Å². The van der Waals surface area contributed by atoms with Crippen molar-refractivity contribution in [1.82, 2.24) is 0 Å². The largest absolute Gasteiger partial charge is 0.409 e. The summed E-state index contributed by atoms with van der Waals surface area (Å²) in [4.78, 5) is 12.6. The van der Waals surface area contributed by atoms with E-state index < -0.39 is 4.92 Å². The van der Waals surface area contributed by atoms with Crippen molar-refractivity contribution in [2.24, 2.45) is 10.9 Å². The minimum absolute atomic E-state index is 0.0652. The zero-order valence-corrected chi connectivity index (χ0v) is 12.4. The third-order valence-corrected chi connectivity index (χ3v) is 3.84. The summed E-state index contributed by atoms with van der Waals surface area (Å²) >= 11 is 1.67. The summed E-state index contributed by atoms with van der Waals surface area (Å²) in [5, 5.41) is 22.7. The van der Waals surface area contributed by atoms with Gasteiger partial charge in [0.1, 0.15) is 5.69 Å². The number of nitro benzene ring substituents is 1. The number of amidine groups is 1. The minimum atomic E-state index is -0.466. The number of nitro groups is 1. The van der Waals surface area contributed by atoms with E-state index in [1.807, 2.05) is 25.1 Å². The number of benzene rings is 1. The molecule has 0 bridgehead atoms. The predicted octanol–water partition coefficient (Wildman–Crippen LogP) is 1.88. The fourth-order valence-electron chi connectivity index (χ4n) is 1.78. The van der Waals surface area contributed by atoms with Crippen molar-refractivity contribution < 1.29 is 10.1 Å². The molecule has 0 saturated heterocycles. The van der Waals surface area contributed by atoms with Crippen LogP contribution in [-0.2, 0) is 0 Å². The Morgan fingerprint density at radius 3 is 2.80 bits per heavy atom. The molecule has 0 heterocycles. The van der Waals surface area contributed by atoms with Crippen molar-refractivity contribution in [2.75, 3.05) is 24.0 Å². The highest BCUT2D eigenvalue weighted by Crippen LogP contribution is 2.30. The molecule has 1 aromatic carbocycles. The monoisotopic (exact) mass is 298 g/mol. The quantitative estimate of drug-likeness (QED) is 0.273. The minimum Gasteiger partial charge on any atom is -0.409 e. The average Bonchev–Trinajstić information content (AvgIpc) is 2.45. The van der Waals surface area contributed by atoms with E-state index in [9.17, 15) is 10.1 Å². The van der Waals surface area contributed by atoms with E-state index >= 15 is 0 Å². The molecule has 0 aliphatic heterocycles. The SMILES string of the molecule is CSCC(C)N(C)c1ccc(/C(N)=N/O)cc1[N+](=O)[O-]. The molecule has 0 aromatic heterocycles. The van der Waals surface area contributed by atoms with Crippen molar-refractivity contribution in [2.45, 2.75) is 13.0 Å². The van der Waals surface area contributed by atoms with E-state index in [0.29, 0.717) is 11.3 Å². The van der Waals surface area contributed by atoms with Gasteiger partial charge in [-0.1, -0.05) is 5.16 Å². The summed E-state index contributed by atoms with van der Waals surface area (Å²) in [7, 11) is 1.81. The lowest BCUT2D eigenvalue weighted by Crippen LogP contribution is -2.31. The van der Waals surface area contributed by atoms with Gasteiger partial charge in [-0.05, 0) is 25.3 Å². The van der Waals surface area contributed by atoms with Gasteiger partial charge in [-0.3, -0.25) is 10.1 Å². The Morgan fingerprint density at radius 1 is 1.65 bits per heavy atom. The first-order valence-corrected chi connectivity index (χ1v) is 7.29. The lowest BCUT2D eigenvalue weighted by atomic mass is 10.1. The molecule has 8 heteroatoms. The number of hydrogen-bond acceptors (Lipinski definition) is 6. The van der Waals surface area contributed by atoms with E-state index in [0.717, 1.165) is 5.75 Å². The lowest BCUT2D eigenvalue weighted by Gasteiger charge is -2.26. The molecule has 0 radical (unpaired) electrons. The number of oxime groups is 1. The Hall–Kier alpha value is -1.96. The van der Waals surface area contributed by atoms with Crippen LogP contribution in [0.3, 0.4) is 0 Å². The summed E-state index contributed by atoms with van der Waals surface area (Å²) in [6.45, 7) is 2.00. The molecule has 0 fully saturated rings. The standard InChI is InChI=1S/C12H18N4O3S/c1-8(7-20-3)15(2)10-5-4-9(12(13)14-17)6-11(10)16(18)19/h4-6,8,17H,7H2,1-3H3,(H2,13,14). The molecule has 7 nitrogen and oxygen atoms in total. The second-order valence-corrected chi connectivity index (χ2v) is 5.27. The Balaban J connectivity index is 3.23. The summed E-state index contributed by atoms with van der Waals surface area (Å²) in [5.41, 5.74) is 6.21. The van der Waals surface area contributed by atoms with E-state index in [4.69, 9.17) is 10.9 Å². The zero-order valence-electron chi connectivity index (χ0n) is 11.6. The molecule has 0 spiro atoms. The molecule has 1 unspecified atom stereocenters. The number of rotatable bonds is 6. The maximum atomic E-state index is 11.2. The fourth-order valence-corrected chi connectivity index (χ4v) is 2.48. The van der Waals surface area contributed by atoms with Crippen molar-refractivity contribution in [3.8, 4) is 0 Å². The maximum Gasteiger partial charge on any atom is 0.293 e. The van der Waals surface area contributed by atoms with E-state index in [1.54, 1.807) is 23.9 Å². The van der Waals surface area contributed by atoms with Crippen LogP contribution in [0.2, 0.25) is 0 Å². The van der Waals surface area contributed by atoms with Gasteiger partial charge in [0, 0.05) is 30.5 Å². The van der Waals surface area contributed by atoms with Crippen LogP contribution in [0.25, 0.3) is 0 Å². The highest BCUT2D eigenvalue weighted by molar-refractivity contribution is 7.98. The average molecular weight is 298 g/mol. The molecule has 0 aliphatic carbocycles. The number of nitrogens with two attached hydrogens (primary N) is 1. The molecule has 3 N–H and O–H groups in total. The van der Waals surface area contributed by atoms with Gasteiger partial charge in [0.05, 0.1) is 4.92 Å². The molecule has 0 aliphatic rings. The van der Waals surface area contributed by atoms with E-state index in [-0.39, 0.29) is 17.6 Å². The van der Waals surface area contributed by atoms with Gasteiger partial charge < -0.3 is 15.8 Å². The second kappa shape index (κ2) is 6.99. The molecule has 0 amide bonds. The lowest BCUT2D eigenvalue weighted by molar-refractivity contribution is -0.384. The summed E-state index contributed by atoms with van der Waals surface area (Å²) in [6, 6.07) is 4.67. The summed E-state index contributed by atoms with van der Waals surface area (Å²) in [5.74, 6) is 0.704. The Labute approximate surface area is 121 Å². The zero-order chi connectivity index (χ0) is 15.3. The predicted molar refractivity (Wildman–Crippen MR) is 81.9 cm³/mol. The van der Waals surface area contributed by atoms with Crippen molar-refractivity contribution in [3.63, 3.8) is 0 Å². The van der Waals surface area contributed by atoms with Crippen molar-refractivity contribution in [3.05, 3.63) is 33.9 Å². The summed E-state index contributed by atoms with van der Waals surface area (Å²) in [6.07, 6.45) is 1.99. The molecule has 1 atom stereocenters. The normalized spacial score (nSPS) is 13.1. The third kappa shape index (κ3) is 3.53. The molecule has 20 heavy (non-hydrogen) atoms. The van der Waals surface area contributed by atoms with E-state index in [2.05, 4.69) is 5.16 Å². The Bertz CT molecular complexity index is 521. The van der Waals surface area contributed by atoms with Gasteiger partial charge in [0.25, 0.3) is 5.69 Å². The fraction of sp³-hybridized carbons (Fsp3) is 0.417. The topological polar surface area (TPSA) is 105 Å². The first-order valence-electron chi connectivity index (χ1n) is 5.90.